The van der Waals surface area contributed by atoms with Gasteiger partial charge in [0, 0.05) is 40.7 Å². The molecule has 1 amide bonds. The number of nitrogens with two attached hydrogens (primary N) is 1. The fourth-order valence-electron chi connectivity index (χ4n) is 3.14. The first-order valence-electron chi connectivity index (χ1n) is 8.96. The Kier molecular flexibility index (Phi) is 6.12. The number of amides is 1. The van der Waals surface area contributed by atoms with Gasteiger partial charge in [0.2, 0.25) is 0 Å². The summed E-state index contributed by atoms with van der Waals surface area (Å²) in [5.41, 5.74) is 10.2. The number of fused-ring (bicyclic) bond motifs is 2. The highest BCUT2D eigenvalue weighted by molar-refractivity contribution is 5.83. The summed E-state index contributed by atoms with van der Waals surface area (Å²) in [6.07, 6.45) is 4.64. The number of nitrogens with one attached hydrogen (secondary N) is 3. The molecule has 0 radical (unpaired) electrons. The molecule has 27 heavy (non-hydrogen) atoms. The van der Waals surface area contributed by atoms with Crippen LogP contribution in [0.3, 0.4) is 0 Å². The summed E-state index contributed by atoms with van der Waals surface area (Å²) in [5, 5.41) is 13.2. The first-order valence-corrected chi connectivity index (χ1v) is 8.96. The van der Waals surface area contributed by atoms with Crippen LogP contribution in [-0.2, 0) is 12.8 Å². The van der Waals surface area contributed by atoms with E-state index in [0.29, 0.717) is 19.5 Å². The van der Waals surface area contributed by atoms with Crippen LogP contribution in [0.15, 0.2) is 60.9 Å². The zero-order valence-corrected chi connectivity index (χ0v) is 15.0. The fraction of sp³-hybridized carbons (Fsp3) is 0.190. The van der Waals surface area contributed by atoms with E-state index < -0.39 is 6.09 Å². The van der Waals surface area contributed by atoms with Gasteiger partial charge in [-0.05, 0) is 42.6 Å². The Labute approximate surface area is 157 Å². The number of carboxylic acid groups (broad SMARTS) is 1. The van der Waals surface area contributed by atoms with Crippen molar-refractivity contribution >= 4 is 27.9 Å². The third-order valence-electron chi connectivity index (χ3n) is 4.43. The summed E-state index contributed by atoms with van der Waals surface area (Å²) in [6, 6.07) is 16.3. The minimum absolute atomic E-state index is 0.442. The van der Waals surface area contributed by atoms with Crippen LogP contribution in [-0.4, -0.2) is 34.3 Å². The van der Waals surface area contributed by atoms with Crippen LogP contribution in [0.2, 0.25) is 0 Å². The molecule has 0 fully saturated rings. The topological polar surface area (TPSA) is 107 Å². The number of para-hydroxylation sites is 2. The summed E-state index contributed by atoms with van der Waals surface area (Å²) >= 11 is 0. The molecular weight excluding hydrogens is 340 g/mol. The van der Waals surface area contributed by atoms with Crippen LogP contribution < -0.4 is 11.1 Å². The van der Waals surface area contributed by atoms with Crippen LogP contribution in [0, 0.1) is 0 Å². The van der Waals surface area contributed by atoms with E-state index in [4.69, 9.17) is 10.8 Å². The van der Waals surface area contributed by atoms with E-state index in [2.05, 4.69) is 33.5 Å². The second-order valence-corrected chi connectivity index (χ2v) is 6.24. The second kappa shape index (κ2) is 8.91. The molecule has 2 heterocycles. The normalized spacial score (nSPS) is 10.6. The summed E-state index contributed by atoms with van der Waals surface area (Å²) < 4.78 is 0. The molecule has 0 saturated heterocycles. The van der Waals surface area contributed by atoms with Gasteiger partial charge in [0.25, 0.3) is 0 Å². The van der Waals surface area contributed by atoms with Gasteiger partial charge in [0.15, 0.2) is 0 Å². The highest BCUT2D eigenvalue weighted by Gasteiger charge is 2.03. The Balaban J connectivity index is 0.000000159. The van der Waals surface area contributed by atoms with Gasteiger partial charge in [-0.2, -0.15) is 0 Å². The van der Waals surface area contributed by atoms with Crippen molar-refractivity contribution in [1.29, 1.82) is 0 Å². The summed E-state index contributed by atoms with van der Waals surface area (Å²) in [6.45, 7) is 1.15. The molecule has 2 aromatic heterocycles. The van der Waals surface area contributed by atoms with E-state index in [1.807, 2.05) is 42.7 Å². The van der Waals surface area contributed by atoms with Gasteiger partial charge in [0.05, 0.1) is 0 Å². The summed E-state index contributed by atoms with van der Waals surface area (Å²) in [4.78, 5) is 16.6. The Morgan fingerprint density at radius 3 is 1.93 bits per heavy atom. The molecule has 4 rings (SSSR count). The van der Waals surface area contributed by atoms with Crippen LogP contribution in [0.5, 0.6) is 0 Å². The van der Waals surface area contributed by atoms with Crippen LogP contribution in [0.25, 0.3) is 21.8 Å². The maximum Gasteiger partial charge on any atom is 0.404 e. The second-order valence-electron chi connectivity index (χ2n) is 6.24. The van der Waals surface area contributed by atoms with Crippen LogP contribution in [0.1, 0.15) is 11.1 Å². The number of aromatic nitrogens is 2. The standard InChI is InChI=1S/C11H12N2O2.C10H12N2/c14-11(15)12-6-5-8-7-13-10-4-2-1-3-9(8)10;11-6-5-8-7-12-10-4-2-1-3-9(8)10/h1-4,7,12-13H,5-6H2,(H,14,15);1-4,7,12H,5-6,11H2. The molecular formula is C21H24N4O2. The third-order valence-corrected chi connectivity index (χ3v) is 4.43. The lowest BCUT2D eigenvalue weighted by Crippen LogP contribution is -2.23. The zero-order valence-electron chi connectivity index (χ0n) is 15.0. The molecule has 0 aliphatic carbocycles. The predicted octanol–water partition coefficient (Wildman–Crippen LogP) is 3.65. The fourth-order valence-corrected chi connectivity index (χ4v) is 3.14. The quantitative estimate of drug-likeness (QED) is 0.373. The van der Waals surface area contributed by atoms with Crippen molar-refractivity contribution in [2.24, 2.45) is 5.73 Å². The maximum atomic E-state index is 10.3. The lowest BCUT2D eigenvalue weighted by Gasteiger charge is -1.99. The van der Waals surface area contributed by atoms with Crippen molar-refractivity contribution in [1.82, 2.24) is 15.3 Å². The molecule has 0 atom stereocenters. The van der Waals surface area contributed by atoms with Crippen molar-refractivity contribution in [3.8, 4) is 0 Å². The lowest BCUT2D eigenvalue weighted by molar-refractivity contribution is 0.194. The van der Waals surface area contributed by atoms with E-state index in [9.17, 15) is 4.79 Å². The third kappa shape index (κ3) is 4.68. The smallest absolute Gasteiger partial charge is 0.404 e. The zero-order chi connectivity index (χ0) is 19.1. The average Bonchev–Trinajstić information content (AvgIpc) is 3.27. The van der Waals surface area contributed by atoms with E-state index in [-0.39, 0.29) is 0 Å². The maximum absolute atomic E-state index is 10.3. The Bertz CT molecular complexity index is 1020. The number of hydrogen-bond acceptors (Lipinski definition) is 2. The van der Waals surface area contributed by atoms with Crippen molar-refractivity contribution in [3.63, 3.8) is 0 Å². The van der Waals surface area contributed by atoms with Crippen LogP contribution >= 0.6 is 0 Å². The molecule has 0 aliphatic rings. The van der Waals surface area contributed by atoms with Gasteiger partial charge < -0.3 is 26.1 Å². The van der Waals surface area contributed by atoms with E-state index >= 15 is 0 Å². The van der Waals surface area contributed by atoms with Crippen molar-refractivity contribution in [2.45, 2.75) is 12.8 Å². The number of H-pyrrole nitrogens is 2. The Morgan fingerprint density at radius 2 is 1.41 bits per heavy atom. The molecule has 6 N–H and O–H groups in total. The molecule has 0 bridgehead atoms. The van der Waals surface area contributed by atoms with E-state index in [1.165, 1.54) is 16.5 Å². The molecule has 0 aliphatic heterocycles. The lowest BCUT2D eigenvalue weighted by atomic mass is 10.1. The van der Waals surface area contributed by atoms with Crippen molar-refractivity contribution < 1.29 is 9.90 Å². The molecule has 140 valence electrons. The predicted molar refractivity (Wildman–Crippen MR) is 109 cm³/mol. The minimum Gasteiger partial charge on any atom is -0.465 e. The van der Waals surface area contributed by atoms with Crippen molar-refractivity contribution in [3.05, 3.63) is 72.1 Å². The molecule has 6 heteroatoms. The van der Waals surface area contributed by atoms with Gasteiger partial charge in [-0.3, -0.25) is 0 Å². The average molecular weight is 364 g/mol. The van der Waals surface area contributed by atoms with Gasteiger partial charge >= 0.3 is 6.09 Å². The molecule has 0 spiro atoms. The molecule has 4 aromatic rings. The number of benzene rings is 2. The van der Waals surface area contributed by atoms with Gasteiger partial charge in [0.1, 0.15) is 0 Å². The monoisotopic (exact) mass is 364 g/mol. The van der Waals surface area contributed by atoms with E-state index in [0.717, 1.165) is 22.9 Å². The molecule has 0 unspecified atom stereocenters. The van der Waals surface area contributed by atoms with Gasteiger partial charge in [-0.25, -0.2) is 4.79 Å². The largest absolute Gasteiger partial charge is 0.465 e. The van der Waals surface area contributed by atoms with Crippen LogP contribution in [0.4, 0.5) is 4.79 Å². The Hall–Kier alpha value is -3.25. The number of hydrogen-bond donors (Lipinski definition) is 5. The summed E-state index contributed by atoms with van der Waals surface area (Å²) in [7, 11) is 0. The number of carbonyl (C=O) groups is 1. The first-order chi connectivity index (χ1) is 13.2. The molecule has 2 aromatic carbocycles. The molecule has 0 saturated carbocycles. The number of rotatable bonds is 5. The summed E-state index contributed by atoms with van der Waals surface area (Å²) in [5.74, 6) is 0. The molecule has 6 nitrogen and oxygen atoms in total. The SMILES string of the molecule is NCCc1c[nH]c2ccccc12.O=C(O)NCCc1c[nH]c2ccccc12. The Morgan fingerprint density at radius 1 is 0.889 bits per heavy atom. The number of aromatic amines is 2. The minimum atomic E-state index is -0.977. The van der Waals surface area contributed by atoms with E-state index in [1.54, 1.807) is 0 Å². The van der Waals surface area contributed by atoms with Gasteiger partial charge in [-0.15, -0.1) is 0 Å². The van der Waals surface area contributed by atoms with Gasteiger partial charge in [-0.1, -0.05) is 36.4 Å². The first kappa shape index (κ1) is 18.5. The van der Waals surface area contributed by atoms with Crippen molar-refractivity contribution in [2.75, 3.05) is 13.1 Å². The highest BCUT2D eigenvalue weighted by Crippen LogP contribution is 2.18. The highest BCUT2D eigenvalue weighted by atomic mass is 16.4.